The number of halogens is 1. The van der Waals surface area contributed by atoms with Crippen LogP contribution in [0.15, 0.2) is 41.1 Å². The van der Waals surface area contributed by atoms with Crippen LogP contribution >= 0.6 is 0 Å². The number of carbonyl (C=O) groups excluding carboxylic acids is 3. The predicted octanol–water partition coefficient (Wildman–Crippen LogP) is 2.97. The zero-order valence-electron chi connectivity index (χ0n) is 18.8. The summed E-state index contributed by atoms with van der Waals surface area (Å²) in [6.07, 6.45) is 5.20. The summed E-state index contributed by atoms with van der Waals surface area (Å²) < 4.78 is 24.1. The van der Waals surface area contributed by atoms with E-state index in [4.69, 9.17) is 9.15 Å². The van der Waals surface area contributed by atoms with E-state index >= 15 is 0 Å². The Kier molecular flexibility index (Phi) is 6.41. The van der Waals surface area contributed by atoms with Crippen LogP contribution in [0.3, 0.4) is 0 Å². The minimum atomic E-state index is -0.646. The summed E-state index contributed by atoms with van der Waals surface area (Å²) in [5.41, 5.74) is 0.871. The molecule has 35 heavy (non-hydrogen) atoms. The van der Waals surface area contributed by atoms with Gasteiger partial charge in [0.15, 0.2) is 5.58 Å². The van der Waals surface area contributed by atoms with E-state index in [0.29, 0.717) is 37.1 Å². The third-order valence-corrected chi connectivity index (χ3v) is 6.40. The number of nitrogens with one attached hydrogen (secondary N) is 2. The monoisotopic (exact) mass is 481 g/mol. The highest BCUT2D eigenvalue weighted by molar-refractivity contribution is 6.13. The molecule has 2 fully saturated rings. The zero-order valence-corrected chi connectivity index (χ0v) is 18.8. The number of hydrogen-bond donors (Lipinski definition) is 2. The first-order valence-electron chi connectivity index (χ1n) is 11.5. The van der Waals surface area contributed by atoms with Crippen LogP contribution in [0.4, 0.5) is 15.9 Å². The molecule has 0 bridgehead atoms. The molecule has 0 aromatic carbocycles. The lowest BCUT2D eigenvalue weighted by molar-refractivity contribution is -0.146. The maximum absolute atomic E-state index is 13.2. The first-order valence-corrected chi connectivity index (χ1v) is 11.5. The van der Waals surface area contributed by atoms with Gasteiger partial charge >= 0.3 is 0 Å². The van der Waals surface area contributed by atoms with Crippen LogP contribution in [0.1, 0.15) is 36.2 Å². The van der Waals surface area contributed by atoms with Crippen molar-refractivity contribution in [1.82, 2.24) is 14.9 Å². The van der Waals surface area contributed by atoms with Crippen molar-refractivity contribution >= 4 is 40.3 Å². The van der Waals surface area contributed by atoms with E-state index in [1.807, 2.05) is 4.90 Å². The number of anilines is 2. The molecule has 11 heteroatoms. The Morgan fingerprint density at radius 2 is 1.91 bits per heavy atom. The van der Waals surface area contributed by atoms with Crippen LogP contribution in [-0.2, 0) is 14.3 Å². The van der Waals surface area contributed by atoms with Crippen LogP contribution in [-0.4, -0.2) is 58.4 Å². The normalized spacial score (nSPS) is 20.6. The van der Waals surface area contributed by atoms with Crippen molar-refractivity contribution in [2.75, 3.05) is 30.4 Å². The average molecular weight is 481 g/mol. The summed E-state index contributed by atoms with van der Waals surface area (Å²) in [4.78, 5) is 48.2. The quantitative estimate of drug-likeness (QED) is 0.574. The molecule has 182 valence electrons. The van der Waals surface area contributed by atoms with Gasteiger partial charge in [0.05, 0.1) is 12.8 Å². The molecule has 1 aliphatic carbocycles. The second kappa shape index (κ2) is 9.79. The molecule has 3 amide bonds. The Labute approximate surface area is 199 Å². The lowest BCUT2D eigenvalue weighted by Crippen LogP contribution is -2.49. The Balaban J connectivity index is 1.30. The number of carbonyl (C=O) groups is 3. The Bertz CT molecular complexity index is 1250. The van der Waals surface area contributed by atoms with Crippen LogP contribution in [0.25, 0.3) is 11.1 Å². The van der Waals surface area contributed by atoms with Gasteiger partial charge in [-0.1, -0.05) is 0 Å². The van der Waals surface area contributed by atoms with Crippen molar-refractivity contribution in [1.29, 1.82) is 0 Å². The largest absolute Gasteiger partial charge is 0.447 e. The second-order valence-corrected chi connectivity index (χ2v) is 8.61. The second-order valence-electron chi connectivity index (χ2n) is 8.61. The van der Waals surface area contributed by atoms with Gasteiger partial charge in [0.2, 0.25) is 17.6 Å². The minimum Gasteiger partial charge on any atom is -0.447 e. The lowest BCUT2D eigenvalue weighted by Gasteiger charge is -2.38. The van der Waals surface area contributed by atoms with Gasteiger partial charge < -0.3 is 24.7 Å². The molecule has 1 saturated carbocycles. The fourth-order valence-corrected chi connectivity index (χ4v) is 4.62. The number of morpholine rings is 1. The Hall–Kier alpha value is -3.86. The number of fused-ring (bicyclic) bond motifs is 1. The molecule has 4 heterocycles. The molecule has 1 saturated heterocycles. The van der Waals surface area contributed by atoms with E-state index in [-0.39, 0.29) is 47.6 Å². The molecule has 0 spiro atoms. The number of pyridine rings is 2. The fourth-order valence-electron chi connectivity index (χ4n) is 4.62. The topological polar surface area (TPSA) is 127 Å². The molecule has 10 nitrogen and oxygen atoms in total. The van der Waals surface area contributed by atoms with Crippen molar-refractivity contribution in [3.63, 3.8) is 0 Å². The number of nitrogens with zero attached hydrogens (tertiary/aromatic N) is 3. The Morgan fingerprint density at radius 3 is 2.66 bits per heavy atom. The molecule has 0 radical (unpaired) electrons. The molecule has 3 aromatic heterocycles. The van der Waals surface area contributed by atoms with Gasteiger partial charge in [-0.2, -0.15) is 0 Å². The highest BCUT2D eigenvalue weighted by Gasteiger charge is 2.34. The summed E-state index contributed by atoms with van der Waals surface area (Å²) in [6, 6.07) is 5.91. The highest BCUT2D eigenvalue weighted by Crippen LogP contribution is 2.33. The summed E-state index contributed by atoms with van der Waals surface area (Å²) in [7, 11) is 0. The smallest absolute Gasteiger partial charge is 0.294 e. The number of rotatable bonds is 5. The first kappa shape index (κ1) is 22.9. The van der Waals surface area contributed by atoms with Crippen LogP contribution in [0.2, 0.25) is 0 Å². The number of amides is 3. The minimum absolute atomic E-state index is 0.00797. The van der Waals surface area contributed by atoms with Crippen LogP contribution in [0, 0.1) is 11.7 Å². The van der Waals surface area contributed by atoms with Crippen LogP contribution in [0.5, 0.6) is 0 Å². The van der Waals surface area contributed by atoms with Gasteiger partial charge in [-0.3, -0.25) is 19.4 Å². The van der Waals surface area contributed by atoms with E-state index in [1.165, 1.54) is 12.1 Å². The van der Waals surface area contributed by atoms with Gasteiger partial charge in [0.25, 0.3) is 5.91 Å². The van der Waals surface area contributed by atoms with Crippen LogP contribution < -0.4 is 10.6 Å². The maximum Gasteiger partial charge on any atom is 0.294 e. The summed E-state index contributed by atoms with van der Waals surface area (Å²) >= 11 is 0. The third kappa shape index (κ3) is 4.85. The SMILES string of the molecule is O=C(Nc1ccc(F)cn1)c1oc2cccnc2c1NC(=O)C1CCC(N2CCOCC2=O)CC1. The first-order chi connectivity index (χ1) is 17.0. The third-order valence-electron chi connectivity index (χ3n) is 6.40. The van der Waals surface area contributed by atoms with E-state index in [0.717, 1.165) is 19.0 Å². The Morgan fingerprint density at radius 1 is 1.09 bits per heavy atom. The highest BCUT2D eigenvalue weighted by atomic mass is 19.1. The molecule has 1 aliphatic heterocycles. The summed E-state index contributed by atoms with van der Waals surface area (Å²) in [6.45, 7) is 1.22. The van der Waals surface area contributed by atoms with Crippen molar-refractivity contribution in [3.8, 4) is 0 Å². The van der Waals surface area contributed by atoms with Gasteiger partial charge in [-0.05, 0) is 49.9 Å². The standard InChI is InChI=1S/C24H24FN5O5/c25-15-5-8-18(27-12-15)28-24(33)22-21(20-17(35-22)2-1-9-26-20)29-23(32)14-3-6-16(7-4-14)30-10-11-34-13-19(30)31/h1-2,5,8-9,12,14,16H,3-4,6-7,10-11,13H2,(H,29,32)(H,27,28,33). The van der Waals surface area contributed by atoms with Gasteiger partial charge in [-0.25, -0.2) is 9.37 Å². The number of ether oxygens (including phenoxy) is 1. The van der Waals surface area contributed by atoms with Crippen molar-refractivity contribution in [3.05, 3.63) is 48.2 Å². The van der Waals surface area contributed by atoms with Crippen molar-refractivity contribution in [2.45, 2.75) is 31.7 Å². The van der Waals surface area contributed by atoms with E-state index in [1.54, 1.807) is 18.3 Å². The molecule has 3 aromatic rings. The number of aromatic nitrogens is 2. The van der Waals surface area contributed by atoms with E-state index in [9.17, 15) is 18.8 Å². The van der Waals surface area contributed by atoms with E-state index in [2.05, 4.69) is 20.6 Å². The van der Waals surface area contributed by atoms with Crippen molar-refractivity contribution < 1.29 is 27.9 Å². The molecule has 0 unspecified atom stereocenters. The summed E-state index contributed by atoms with van der Waals surface area (Å²) in [5.74, 6) is -1.68. The molecule has 5 rings (SSSR count). The van der Waals surface area contributed by atoms with Gasteiger partial charge in [0, 0.05) is 24.7 Å². The fraction of sp³-hybridized carbons (Fsp3) is 0.375. The number of hydrogen-bond acceptors (Lipinski definition) is 7. The van der Waals surface area contributed by atoms with Gasteiger partial charge in [-0.15, -0.1) is 0 Å². The molecule has 2 N–H and O–H groups in total. The molecule has 2 aliphatic rings. The average Bonchev–Trinajstić information content (AvgIpc) is 3.24. The molecular weight excluding hydrogens is 457 g/mol. The van der Waals surface area contributed by atoms with E-state index < -0.39 is 11.7 Å². The summed E-state index contributed by atoms with van der Waals surface area (Å²) in [5, 5.41) is 5.39. The maximum atomic E-state index is 13.2. The van der Waals surface area contributed by atoms with Gasteiger partial charge in [0.1, 0.15) is 29.4 Å². The zero-order chi connectivity index (χ0) is 24.4. The van der Waals surface area contributed by atoms with Crippen molar-refractivity contribution in [2.24, 2.45) is 5.92 Å². The lowest BCUT2D eigenvalue weighted by atomic mass is 9.84. The molecular formula is C24H24FN5O5. The molecule has 0 atom stereocenters. The number of furan rings is 1. The predicted molar refractivity (Wildman–Crippen MR) is 123 cm³/mol.